The Morgan fingerprint density at radius 1 is 1.00 bits per heavy atom. The summed E-state index contributed by atoms with van der Waals surface area (Å²) in [5, 5.41) is 3.04. The maximum Gasteiger partial charge on any atom is 0.343 e. The highest BCUT2D eigenvalue weighted by Gasteiger charge is 2.30. The second-order valence-corrected chi connectivity index (χ2v) is 8.71. The third kappa shape index (κ3) is 4.97. The van der Waals surface area contributed by atoms with Gasteiger partial charge in [-0.05, 0) is 65.4 Å². The number of aryl methyl sites for hydroxylation is 1. The zero-order valence-corrected chi connectivity index (χ0v) is 21.4. The molecule has 8 heteroatoms. The van der Waals surface area contributed by atoms with Crippen molar-refractivity contribution in [3.8, 4) is 34.1 Å². The molecule has 1 aliphatic rings. The molecular weight excluding hydrogens is 482 g/mol. The molecule has 36 heavy (non-hydrogen) atoms. The number of nitrogens with one attached hydrogen (secondary N) is 1. The SMILES string of the molecule is COc1cc2c(c(OC)c1OC)-c1ccc(OC(=O)c3cccc(CCl)c3)cc1[C@@H](NC(C)=O)CC2. The lowest BCUT2D eigenvalue weighted by Gasteiger charge is -2.21. The molecule has 1 atom stereocenters. The molecule has 0 saturated carbocycles. The molecule has 0 spiro atoms. The van der Waals surface area contributed by atoms with E-state index in [1.54, 1.807) is 51.7 Å². The number of methoxy groups -OCH3 is 3. The quantitative estimate of drug-likeness (QED) is 0.259. The van der Waals surface area contributed by atoms with Gasteiger partial charge in [0.2, 0.25) is 11.7 Å². The number of rotatable bonds is 7. The molecule has 0 heterocycles. The van der Waals surface area contributed by atoms with Crippen molar-refractivity contribution in [2.75, 3.05) is 21.3 Å². The molecule has 1 aliphatic carbocycles. The van der Waals surface area contributed by atoms with Crippen molar-refractivity contribution in [2.24, 2.45) is 0 Å². The van der Waals surface area contributed by atoms with Gasteiger partial charge in [0.15, 0.2) is 11.5 Å². The van der Waals surface area contributed by atoms with Crippen LogP contribution in [-0.2, 0) is 17.1 Å². The number of hydrogen-bond acceptors (Lipinski definition) is 6. The number of amides is 1. The molecule has 0 unspecified atom stereocenters. The number of fused-ring (bicyclic) bond motifs is 3. The normalized spacial score (nSPS) is 14.1. The van der Waals surface area contributed by atoms with Crippen molar-refractivity contribution >= 4 is 23.5 Å². The van der Waals surface area contributed by atoms with Crippen LogP contribution >= 0.6 is 11.6 Å². The molecule has 188 valence electrons. The zero-order chi connectivity index (χ0) is 25.8. The fraction of sp³-hybridized carbons (Fsp3) is 0.286. The summed E-state index contributed by atoms with van der Waals surface area (Å²) in [6.45, 7) is 1.48. The van der Waals surface area contributed by atoms with Crippen LogP contribution in [0.2, 0.25) is 0 Å². The number of halogens is 1. The molecule has 1 amide bonds. The number of carbonyl (C=O) groups excluding carboxylic acids is 2. The highest BCUT2D eigenvalue weighted by atomic mass is 35.5. The van der Waals surface area contributed by atoms with Gasteiger partial charge in [-0.1, -0.05) is 18.2 Å². The van der Waals surface area contributed by atoms with Crippen LogP contribution in [0.15, 0.2) is 48.5 Å². The van der Waals surface area contributed by atoms with E-state index in [0.717, 1.165) is 27.8 Å². The second-order valence-electron chi connectivity index (χ2n) is 8.44. The molecular formula is C28H28ClNO6. The Kier molecular flexibility index (Phi) is 7.70. The zero-order valence-electron chi connectivity index (χ0n) is 20.6. The molecule has 0 bridgehead atoms. The van der Waals surface area contributed by atoms with E-state index in [1.807, 2.05) is 18.2 Å². The summed E-state index contributed by atoms with van der Waals surface area (Å²) in [4.78, 5) is 24.9. The fourth-order valence-electron chi connectivity index (χ4n) is 4.62. The van der Waals surface area contributed by atoms with Crippen molar-refractivity contribution < 1.29 is 28.5 Å². The number of benzene rings is 3. The van der Waals surface area contributed by atoms with Gasteiger partial charge in [0.05, 0.1) is 32.9 Å². The fourth-order valence-corrected chi connectivity index (χ4v) is 4.78. The molecule has 4 rings (SSSR count). The Bertz CT molecular complexity index is 1310. The van der Waals surface area contributed by atoms with E-state index in [2.05, 4.69) is 5.32 Å². The largest absolute Gasteiger partial charge is 0.493 e. The average Bonchev–Trinajstić information content (AvgIpc) is 3.03. The summed E-state index contributed by atoms with van der Waals surface area (Å²) in [5.74, 6) is 1.62. The van der Waals surface area contributed by atoms with Gasteiger partial charge >= 0.3 is 5.97 Å². The molecule has 0 aliphatic heterocycles. The number of ether oxygens (including phenoxy) is 4. The van der Waals surface area contributed by atoms with E-state index in [-0.39, 0.29) is 11.9 Å². The lowest BCUT2D eigenvalue weighted by atomic mass is 9.93. The Morgan fingerprint density at radius 2 is 1.78 bits per heavy atom. The molecule has 0 fully saturated rings. The predicted molar refractivity (Wildman–Crippen MR) is 137 cm³/mol. The van der Waals surface area contributed by atoms with Crippen LogP contribution in [0.5, 0.6) is 23.0 Å². The maximum absolute atomic E-state index is 12.8. The van der Waals surface area contributed by atoms with Crippen LogP contribution in [0.25, 0.3) is 11.1 Å². The third-order valence-electron chi connectivity index (χ3n) is 6.19. The van der Waals surface area contributed by atoms with E-state index in [1.165, 1.54) is 6.92 Å². The molecule has 0 aromatic heterocycles. The molecule has 1 N–H and O–H groups in total. The van der Waals surface area contributed by atoms with Crippen molar-refractivity contribution in [3.05, 3.63) is 70.8 Å². The molecule has 3 aromatic rings. The smallest absolute Gasteiger partial charge is 0.343 e. The maximum atomic E-state index is 12.8. The number of carbonyl (C=O) groups is 2. The van der Waals surface area contributed by atoms with Crippen LogP contribution in [0.1, 0.15) is 46.4 Å². The predicted octanol–water partition coefficient (Wildman–Crippen LogP) is 5.46. The van der Waals surface area contributed by atoms with Gasteiger partial charge in [-0.3, -0.25) is 4.79 Å². The summed E-state index contributed by atoms with van der Waals surface area (Å²) in [5.41, 5.74) is 4.75. The Labute approximate surface area is 215 Å². The number of esters is 1. The molecule has 0 radical (unpaired) electrons. The summed E-state index contributed by atoms with van der Waals surface area (Å²) < 4.78 is 22.7. The van der Waals surface area contributed by atoms with Crippen molar-refractivity contribution in [2.45, 2.75) is 31.7 Å². The van der Waals surface area contributed by atoms with Gasteiger partial charge < -0.3 is 24.3 Å². The van der Waals surface area contributed by atoms with Gasteiger partial charge in [0.25, 0.3) is 0 Å². The van der Waals surface area contributed by atoms with E-state index in [4.69, 9.17) is 30.5 Å². The first-order valence-electron chi connectivity index (χ1n) is 11.5. The van der Waals surface area contributed by atoms with Crippen LogP contribution in [0.3, 0.4) is 0 Å². The highest BCUT2D eigenvalue weighted by molar-refractivity contribution is 6.17. The first kappa shape index (κ1) is 25.4. The number of hydrogen-bond donors (Lipinski definition) is 1. The van der Waals surface area contributed by atoms with Crippen molar-refractivity contribution in [1.29, 1.82) is 0 Å². The van der Waals surface area contributed by atoms with E-state index in [0.29, 0.717) is 47.3 Å². The molecule has 0 saturated heterocycles. The minimum absolute atomic E-state index is 0.153. The van der Waals surface area contributed by atoms with Crippen LogP contribution in [0.4, 0.5) is 0 Å². The van der Waals surface area contributed by atoms with Gasteiger partial charge in [-0.2, -0.15) is 0 Å². The van der Waals surface area contributed by atoms with Crippen LogP contribution in [0, 0.1) is 0 Å². The van der Waals surface area contributed by atoms with Crippen molar-refractivity contribution in [3.63, 3.8) is 0 Å². The Morgan fingerprint density at radius 3 is 2.44 bits per heavy atom. The Hall–Kier alpha value is -3.71. The lowest BCUT2D eigenvalue weighted by molar-refractivity contribution is -0.119. The summed E-state index contributed by atoms with van der Waals surface area (Å²) in [6.07, 6.45) is 1.29. The minimum atomic E-state index is -0.490. The highest BCUT2D eigenvalue weighted by Crippen LogP contribution is 2.50. The van der Waals surface area contributed by atoms with Gasteiger partial charge in [-0.25, -0.2) is 4.79 Å². The summed E-state index contributed by atoms with van der Waals surface area (Å²) in [6, 6.07) is 14.0. The van der Waals surface area contributed by atoms with Gasteiger partial charge in [-0.15, -0.1) is 11.6 Å². The van der Waals surface area contributed by atoms with Crippen LogP contribution < -0.4 is 24.3 Å². The minimum Gasteiger partial charge on any atom is -0.493 e. The first-order valence-corrected chi connectivity index (χ1v) is 12.0. The first-order chi connectivity index (χ1) is 17.4. The second kappa shape index (κ2) is 10.9. The third-order valence-corrected chi connectivity index (χ3v) is 6.50. The monoisotopic (exact) mass is 509 g/mol. The average molecular weight is 510 g/mol. The lowest BCUT2D eigenvalue weighted by Crippen LogP contribution is -2.26. The Balaban J connectivity index is 1.82. The van der Waals surface area contributed by atoms with E-state index < -0.39 is 5.97 Å². The topological polar surface area (TPSA) is 83.1 Å². The van der Waals surface area contributed by atoms with Gasteiger partial charge in [0.1, 0.15) is 5.75 Å². The summed E-state index contributed by atoms with van der Waals surface area (Å²) >= 11 is 5.91. The molecule has 3 aromatic carbocycles. The van der Waals surface area contributed by atoms with Gasteiger partial charge in [0, 0.05) is 18.4 Å². The van der Waals surface area contributed by atoms with Crippen LogP contribution in [-0.4, -0.2) is 33.2 Å². The standard InChI is InChI=1S/C28H28ClNO6/c1-16(31)30-23-11-8-18-13-24(33-2)26(34-3)27(35-4)25(18)21-10-9-20(14-22(21)23)36-28(32)19-7-5-6-17(12-19)15-29/h5-7,9-10,12-14,23H,8,11,15H2,1-4H3,(H,30,31)/t23-/m0/s1. The summed E-state index contributed by atoms with van der Waals surface area (Å²) in [7, 11) is 4.72. The van der Waals surface area contributed by atoms with E-state index in [9.17, 15) is 9.59 Å². The number of alkyl halides is 1. The molecule has 7 nitrogen and oxygen atoms in total. The van der Waals surface area contributed by atoms with Crippen molar-refractivity contribution in [1.82, 2.24) is 5.32 Å². The van der Waals surface area contributed by atoms with E-state index >= 15 is 0 Å².